The van der Waals surface area contributed by atoms with E-state index in [1.807, 2.05) is 0 Å². The maximum absolute atomic E-state index is 11.8. The Morgan fingerprint density at radius 1 is 1.18 bits per heavy atom. The SMILES string of the molecule is O=C(COC(=O)c1cccs1)Nc1ccc2[nH]c(=O)[nH]c2c1. The molecular formula is C14H11N3O4S. The van der Waals surface area contributed by atoms with Crippen LogP contribution < -0.4 is 11.0 Å². The maximum atomic E-state index is 11.8. The molecule has 112 valence electrons. The number of nitrogens with one attached hydrogen (secondary N) is 3. The molecule has 3 rings (SSSR count). The zero-order chi connectivity index (χ0) is 15.5. The number of aromatic nitrogens is 2. The van der Waals surface area contributed by atoms with Crippen molar-refractivity contribution in [3.63, 3.8) is 0 Å². The van der Waals surface area contributed by atoms with Crippen molar-refractivity contribution in [1.29, 1.82) is 0 Å². The average molecular weight is 317 g/mol. The number of carbonyl (C=O) groups excluding carboxylic acids is 2. The number of aromatic amines is 2. The highest BCUT2D eigenvalue weighted by Crippen LogP contribution is 2.14. The lowest BCUT2D eigenvalue weighted by molar-refractivity contribution is -0.119. The Morgan fingerprint density at radius 3 is 2.77 bits per heavy atom. The Kier molecular flexibility index (Phi) is 3.75. The summed E-state index contributed by atoms with van der Waals surface area (Å²) >= 11 is 1.25. The minimum Gasteiger partial charge on any atom is -0.451 e. The van der Waals surface area contributed by atoms with Crippen LogP contribution in [0.3, 0.4) is 0 Å². The summed E-state index contributed by atoms with van der Waals surface area (Å²) < 4.78 is 4.91. The van der Waals surface area contributed by atoms with Crippen molar-refractivity contribution in [1.82, 2.24) is 9.97 Å². The summed E-state index contributed by atoms with van der Waals surface area (Å²) in [5.74, 6) is -0.988. The van der Waals surface area contributed by atoms with Gasteiger partial charge in [-0.1, -0.05) is 6.07 Å². The number of thiophene rings is 1. The lowest BCUT2D eigenvalue weighted by atomic mass is 10.3. The topological polar surface area (TPSA) is 104 Å². The van der Waals surface area contributed by atoms with E-state index in [1.165, 1.54) is 11.3 Å². The van der Waals surface area contributed by atoms with Gasteiger partial charge in [-0.3, -0.25) is 4.79 Å². The van der Waals surface area contributed by atoms with E-state index in [4.69, 9.17) is 4.74 Å². The summed E-state index contributed by atoms with van der Waals surface area (Å²) in [7, 11) is 0. The molecule has 0 radical (unpaired) electrons. The number of ether oxygens (including phenoxy) is 1. The number of benzene rings is 1. The summed E-state index contributed by atoms with van der Waals surface area (Å²) in [5.41, 5.74) is 1.41. The molecule has 0 aliphatic heterocycles. The van der Waals surface area contributed by atoms with Crippen LogP contribution in [0.4, 0.5) is 5.69 Å². The van der Waals surface area contributed by atoms with Crippen LogP contribution in [0.1, 0.15) is 9.67 Å². The summed E-state index contributed by atoms with van der Waals surface area (Å²) in [5, 5.41) is 4.35. The lowest BCUT2D eigenvalue weighted by Gasteiger charge is -2.06. The number of hydrogen-bond donors (Lipinski definition) is 3. The van der Waals surface area contributed by atoms with Crippen molar-refractivity contribution in [2.75, 3.05) is 11.9 Å². The highest BCUT2D eigenvalue weighted by Gasteiger charge is 2.11. The normalized spacial score (nSPS) is 10.5. The van der Waals surface area contributed by atoms with Crippen molar-refractivity contribution in [2.24, 2.45) is 0 Å². The number of H-pyrrole nitrogens is 2. The monoisotopic (exact) mass is 317 g/mol. The molecule has 22 heavy (non-hydrogen) atoms. The van der Waals surface area contributed by atoms with E-state index in [0.29, 0.717) is 21.6 Å². The van der Waals surface area contributed by atoms with Gasteiger partial charge in [0.1, 0.15) is 4.88 Å². The molecule has 0 atom stereocenters. The molecule has 0 unspecified atom stereocenters. The third kappa shape index (κ3) is 3.07. The predicted molar refractivity (Wildman–Crippen MR) is 82.2 cm³/mol. The van der Waals surface area contributed by atoms with Gasteiger partial charge in [0.05, 0.1) is 11.0 Å². The molecule has 0 aliphatic carbocycles. The molecule has 3 N–H and O–H groups in total. The Balaban J connectivity index is 1.60. The first-order valence-electron chi connectivity index (χ1n) is 6.34. The maximum Gasteiger partial charge on any atom is 0.348 e. The van der Waals surface area contributed by atoms with Crippen molar-refractivity contribution in [3.05, 3.63) is 51.1 Å². The molecule has 8 heteroatoms. The van der Waals surface area contributed by atoms with Crippen LogP contribution in [0.5, 0.6) is 0 Å². The molecule has 2 aromatic heterocycles. The van der Waals surface area contributed by atoms with E-state index >= 15 is 0 Å². The second-order valence-electron chi connectivity index (χ2n) is 4.44. The number of rotatable bonds is 4. The number of fused-ring (bicyclic) bond motifs is 1. The molecule has 2 heterocycles. The van der Waals surface area contributed by atoms with Crippen LogP contribution in [0, 0.1) is 0 Å². The first kappa shape index (κ1) is 14.1. The molecule has 1 aromatic carbocycles. The molecule has 1 amide bonds. The van der Waals surface area contributed by atoms with Crippen LogP contribution in [0.2, 0.25) is 0 Å². The summed E-state index contributed by atoms with van der Waals surface area (Å²) in [4.78, 5) is 40.2. The molecule has 3 aromatic rings. The van der Waals surface area contributed by atoms with E-state index < -0.39 is 11.9 Å². The van der Waals surface area contributed by atoms with E-state index in [9.17, 15) is 14.4 Å². The van der Waals surface area contributed by atoms with Gasteiger partial charge in [0.15, 0.2) is 6.61 Å². The molecule has 0 aliphatic rings. The van der Waals surface area contributed by atoms with Gasteiger partial charge < -0.3 is 20.0 Å². The molecule has 0 spiro atoms. The minimum absolute atomic E-state index is 0.316. The quantitative estimate of drug-likeness (QED) is 0.637. The molecular weight excluding hydrogens is 306 g/mol. The molecule has 0 saturated heterocycles. The van der Waals surface area contributed by atoms with Gasteiger partial charge in [-0.15, -0.1) is 11.3 Å². The number of hydrogen-bond acceptors (Lipinski definition) is 5. The van der Waals surface area contributed by atoms with E-state index in [2.05, 4.69) is 15.3 Å². The first-order chi connectivity index (χ1) is 10.6. The standard InChI is InChI=1S/C14H11N3O4S/c18-12(7-21-13(19)11-2-1-5-22-11)15-8-3-4-9-10(6-8)17-14(20)16-9/h1-6H,7H2,(H,15,18)(H2,16,17,20). The second-order valence-corrected chi connectivity index (χ2v) is 5.39. The highest BCUT2D eigenvalue weighted by molar-refractivity contribution is 7.11. The number of carbonyl (C=O) groups is 2. The Morgan fingerprint density at radius 2 is 2.00 bits per heavy atom. The number of amides is 1. The van der Waals surface area contributed by atoms with E-state index in [0.717, 1.165) is 0 Å². The Hall–Kier alpha value is -2.87. The van der Waals surface area contributed by atoms with Crippen LogP contribution in [-0.2, 0) is 9.53 Å². The summed E-state index contributed by atoms with van der Waals surface area (Å²) in [6.45, 7) is -0.377. The van der Waals surface area contributed by atoms with Gasteiger partial charge in [-0.25, -0.2) is 9.59 Å². The highest BCUT2D eigenvalue weighted by atomic mass is 32.1. The lowest BCUT2D eigenvalue weighted by Crippen LogP contribution is -2.20. The fourth-order valence-electron chi connectivity index (χ4n) is 1.90. The van der Waals surface area contributed by atoms with Crippen molar-refractivity contribution in [3.8, 4) is 0 Å². The van der Waals surface area contributed by atoms with Gasteiger partial charge >= 0.3 is 11.7 Å². The van der Waals surface area contributed by atoms with Gasteiger partial charge in [0.2, 0.25) is 0 Å². The zero-order valence-corrected chi connectivity index (χ0v) is 12.0. The molecule has 0 bridgehead atoms. The minimum atomic E-state index is -0.532. The smallest absolute Gasteiger partial charge is 0.348 e. The second kappa shape index (κ2) is 5.86. The molecule has 0 saturated carbocycles. The summed E-state index contributed by atoms with van der Waals surface area (Å²) in [6.07, 6.45) is 0. The fraction of sp³-hybridized carbons (Fsp3) is 0.0714. The zero-order valence-electron chi connectivity index (χ0n) is 11.2. The predicted octanol–water partition coefficient (Wildman–Crippen LogP) is 1.71. The van der Waals surface area contributed by atoms with Crippen LogP contribution >= 0.6 is 11.3 Å². The van der Waals surface area contributed by atoms with Crippen LogP contribution in [0.25, 0.3) is 11.0 Å². The fourth-order valence-corrected chi connectivity index (χ4v) is 2.52. The summed E-state index contributed by atoms with van der Waals surface area (Å²) in [6, 6.07) is 8.28. The first-order valence-corrected chi connectivity index (χ1v) is 7.22. The van der Waals surface area contributed by atoms with Crippen molar-refractivity contribution in [2.45, 2.75) is 0 Å². The largest absolute Gasteiger partial charge is 0.451 e. The Bertz CT molecular complexity index is 879. The van der Waals surface area contributed by atoms with E-state index in [-0.39, 0.29) is 12.3 Å². The third-order valence-electron chi connectivity index (χ3n) is 2.86. The average Bonchev–Trinajstić information content (AvgIpc) is 3.12. The van der Waals surface area contributed by atoms with Crippen molar-refractivity contribution >= 4 is 39.9 Å². The van der Waals surface area contributed by atoms with Gasteiger partial charge in [0, 0.05) is 5.69 Å². The Labute approximate surface area is 127 Å². The van der Waals surface area contributed by atoms with Gasteiger partial charge in [-0.05, 0) is 29.6 Å². The number of esters is 1. The number of imidazole rings is 1. The van der Waals surface area contributed by atoms with Gasteiger partial charge in [0.25, 0.3) is 5.91 Å². The van der Waals surface area contributed by atoms with Crippen LogP contribution in [-0.4, -0.2) is 28.5 Å². The van der Waals surface area contributed by atoms with E-state index in [1.54, 1.807) is 35.7 Å². The molecule has 7 nitrogen and oxygen atoms in total. The third-order valence-corrected chi connectivity index (χ3v) is 3.71. The molecule has 0 fully saturated rings. The van der Waals surface area contributed by atoms with Gasteiger partial charge in [-0.2, -0.15) is 0 Å². The number of anilines is 1. The van der Waals surface area contributed by atoms with Crippen LogP contribution in [0.15, 0.2) is 40.5 Å². The van der Waals surface area contributed by atoms with Crippen molar-refractivity contribution < 1.29 is 14.3 Å².